The fourth-order valence-electron chi connectivity index (χ4n) is 3.56. The molecule has 3 nitrogen and oxygen atoms in total. The second-order valence-corrected chi connectivity index (χ2v) is 5.63. The van der Waals surface area contributed by atoms with Crippen LogP contribution in [0.2, 0.25) is 0 Å². The maximum absolute atomic E-state index is 5.56. The van der Waals surface area contributed by atoms with Gasteiger partial charge < -0.3 is 14.8 Å². The first-order valence-corrected chi connectivity index (χ1v) is 7.15. The van der Waals surface area contributed by atoms with Crippen molar-refractivity contribution in [3.63, 3.8) is 0 Å². The summed E-state index contributed by atoms with van der Waals surface area (Å²) in [6.45, 7) is 4.87. The Morgan fingerprint density at radius 3 is 2.59 bits per heavy atom. The molecular weight excluding hydrogens is 214 g/mol. The Morgan fingerprint density at radius 1 is 1.24 bits per heavy atom. The Bertz CT molecular complexity index is 208. The summed E-state index contributed by atoms with van der Waals surface area (Å²) in [5.74, 6) is 0.932. The molecule has 0 spiro atoms. The highest BCUT2D eigenvalue weighted by molar-refractivity contribution is 4.92. The van der Waals surface area contributed by atoms with Crippen LogP contribution in [0.15, 0.2) is 0 Å². The Labute approximate surface area is 105 Å². The molecule has 1 saturated heterocycles. The van der Waals surface area contributed by atoms with Gasteiger partial charge in [-0.25, -0.2) is 0 Å². The lowest BCUT2D eigenvalue weighted by atomic mass is 9.69. The first kappa shape index (κ1) is 13.3. The monoisotopic (exact) mass is 241 g/mol. The molecule has 0 aromatic heterocycles. The van der Waals surface area contributed by atoms with E-state index in [4.69, 9.17) is 9.47 Å². The SMILES string of the molecule is COCCNCC1(C2CCCC2)CCOCC1. The third-order valence-corrected chi connectivity index (χ3v) is 4.67. The lowest BCUT2D eigenvalue weighted by molar-refractivity contribution is -0.0173. The lowest BCUT2D eigenvalue weighted by Gasteiger charge is -2.42. The summed E-state index contributed by atoms with van der Waals surface area (Å²) < 4.78 is 10.7. The van der Waals surface area contributed by atoms with Crippen LogP contribution in [-0.2, 0) is 9.47 Å². The molecule has 2 fully saturated rings. The average molecular weight is 241 g/mol. The van der Waals surface area contributed by atoms with Crippen molar-refractivity contribution < 1.29 is 9.47 Å². The topological polar surface area (TPSA) is 30.5 Å². The van der Waals surface area contributed by atoms with E-state index in [-0.39, 0.29) is 0 Å². The van der Waals surface area contributed by atoms with Crippen molar-refractivity contribution in [2.24, 2.45) is 11.3 Å². The van der Waals surface area contributed by atoms with Gasteiger partial charge in [-0.15, -0.1) is 0 Å². The van der Waals surface area contributed by atoms with Gasteiger partial charge in [0.2, 0.25) is 0 Å². The smallest absolute Gasteiger partial charge is 0.0587 e. The van der Waals surface area contributed by atoms with E-state index in [1.54, 1.807) is 7.11 Å². The van der Waals surface area contributed by atoms with E-state index in [1.165, 1.54) is 38.5 Å². The Hall–Kier alpha value is -0.120. The Morgan fingerprint density at radius 2 is 1.94 bits per heavy atom. The van der Waals surface area contributed by atoms with Gasteiger partial charge in [-0.1, -0.05) is 12.8 Å². The van der Waals surface area contributed by atoms with Crippen LogP contribution in [0.25, 0.3) is 0 Å². The predicted octanol–water partition coefficient (Wildman–Crippen LogP) is 2.21. The van der Waals surface area contributed by atoms with Gasteiger partial charge in [0, 0.05) is 33.4 Å². The third-order valence-electron chi connectivity index (χ3n) is 4.67. The molecule has 2 rings (SSSR count). The third kappa shape index (κ3) is 3.43. The minimum absolute atomic E-state index is 0.516. The average Bonchev–Trinajstić information content (AvgIpc) is 2.90. The van der Waals surface area contributed by atoms with E-state index in [1.807, 2.05) is 0 Å². The van der Waals surface area contributed by atoms with Crippen molar-refractivity contribution in [3.05, 3.63) is 0 Å². The van der Waals surface area contributed by atoms with Gasteiger partial charge in [-0.05, 0) is 37.0 Å². The highest BCUT2D eigenvalue weighted by Crippen LogP contribution is 2.45. The molecule has 3 heteroatoms. The van der Waals surface area contributed by atoms with E-state index in [0.29, 0.717) is 5.41 Å². The summed E-state index contributed by atoms with van der Waals surface area (Å²) in [4.78, 5) is 0. The van der Waals surface area contributed by atoms with Crippen molar-refractivity contribution >= 4 is 0 Å². The second kappa shape index (κ2) is 6.72. The molecule has 1 aliphatic carbocycles. The van der Waals surface area contributed by atoms with Crippen molar-refractivity contribution in [1.82, 2.24) is 5.32 Å². The number of hydrogen-bond acceptors (Lipinski definition) is 3. The molecule has 0 aromatic carbocycles. The fraction of sp³-hybridized carbons (Fsp3) is 1.00. The van der Waals surface area contributed by atoms with Gasteiger partial charge in [0.15, 0.2) is 0 Å². The van der Waals surface area contributed by atoms with Crippen LogP contribution in [-0.4, -0.2) is 40.0 Å². The molecule has 0 radical (unpaired) electrons. The summed E-state index contributed by atoms with van der Waals surface area (Å²) in [7, 11) is 1.77. The largest absolute Gasteiger partial charge is 0.383 e. The van der Waals surface area contributed by atoms with E-state index in [0.717, 1.165) is 38.8 Å². The molecule has 1 heterocycles. The first-order chi connectivity index (χ1) is 8.37. The summed E-state index contributed by atoms with van der Waals surface area (Å²) >= 11 is 0. The zero-order valence-corrected chi connectivity index (χ0v) is 11.2. The number of hydrogen-bond donors (Lipinski definition) is 1. The Balaban J connectivity index is 1.86. The van der Waals surface area contributed by atoms with Gasteiger partial charge in [-0.3, -0.25) is 0 Å². The zero-order valence-electron chi connectivity index (χ0n) is 11.2. The molecule has 17 heavy (non-hydrogen) atoms. The van der Waals surface area contributed by atoms with Gasteiger partial charge in [0.1, 0.15) is 0 Å². The van der Waals surface area contributed by atoms with Crippen LogP contribution in [0, 0.1) is 11.3 Å². The van der Waals surface area contributed by atoms with Crippen molar-refractivity contribution in [2.45, 2.75) is 38.5 Å². The van der Waals surface area contributed by atoms with Crippen LogP contribution in [0.5, 0.6) is 0 Å². The quantitative estimate of drug-likeness (QED) is 0.723. The molecule has 0 atom stereocenters. The van der Waals surface area contributed by atoms with Crippen LogP contribution in [0.4, 0.5) is 0 Å². The molecule has 0 unspecified atom stereocenters. The summed E-state index contributed by atoms with van der Waals surface area (Å²) in [5, 5.41) is 3.59. The molecule has 1 saturated carbocycles. The maximum atomic E-state index is 5.56. The van der Waals surface area contributed by atoms with E-state index in [9.17, 15) is 0 Å². The van der Waals surface area contributed by atoms with Crippen LogP contribution in [0.3, 0.4) is 0 Å². The number of rotatable bonds is 6. The molecular formula is C14H27NO2. The van der Waals surface area contributed by atoms with Crippen LogP contribution in [0.1, 0.15) is 38.5 Å². The van der Waals surface area contributed by atoms with Crippen molar-refractivity contribution in [1.29, 1.82) is 0 Å². The first-order valence-electron chi connectivity index (χ1n) is 7.15. The zero-order chi connectivity index (χ0) is 12.0. The van der Waals surface area contributed by atoms with Crippen molar-refractivity contribution in [2.75, 3.05) is 40.0 Å². The Kier molecular flexibility index (Phi) is 5.26. The van der Waals surface area contributed by atoms with Crippen molar-refractivity contribution in [3.8, 4) is 0 Å². The molecule has 2 aliphatic rings. The predicted molar refractivity (Wildman–Crippen MR) is 69.2 cm³/mol. The van der Waals surface area contributed by atoms with E-state index in [2.05, 4.69) is 5.32 Å². The lowest BCUT2D eigenvalue weighted by Crippen LogP contribution is -2.44. The summed E-state index contributed by atoms with van der Waals surface area (Å²) in [6, 6.07) is 0. The molecule has 1 aliphatic heterocycles. The molecule has 0 bridgehead atoms. The maximum Gasteiger partial charge on any atom is 0.0587 e. The van der Waals surface area contributed by atoms with E-state index < -0.39 is 0 Å². The highest BCUT2D eigenvalue weighted by Gasteiger charge is 2.40. The molecule has 0 amide bonds. The summed E-state index contributed by atoms with van der Waals surface area (Å²) in [6.07, 6.45) is 8.24. The minimum Gasteiger partial charge on any atom is -0.383 e. The van der Waals surface area contributed by atoms with Gasteiger partial charge in [0.05, 0.1) is 6.61 Å². The number of nitrogens with one attached hydrogen (secondary N) is 1. The second-order valence-electron chi connectivity index (χ2n) is 5.63. The number of ether oxygens (including phenoxy) is 2. The standard InChI is InChI=1S/C14H27NO2/c1-16-11-8-15-12-14(6-9-17-10-7-14)13-4-2-3-5-13/h13,15H,2-12H2,1H3. The fourth-order valence-corrected chi connectivity index (χ4v) is 3.56. The van der Waals surface area contributed by atoms with E-state index >= 15 is 0 Å². The molecule has 0 aromatic rings. The molecule has 1 N–H and O–H groups in total. The minimum atomic E-state index is 0.516. The van der Waals surface area contributed by atoms with Gasteiger partial charge in [-0.2, -0.15) is 0 Å². The highest BCUT2D eigenvalue weighted by atomic mass is 16.5. The number of methoxy groups -OCH3 is 1. The molecule has 100 valence electrons. The van der Waals surface area contributed by atoms with Crippen LogP contribution >= 0.6 is 0 Å². The van der Waals surface area contributed by atoms with Crippen LogP contribution < -0.4 is 5.32 Å². The summed E-state index contributed by atoms with van der Waals surface area (Å²) in [5.41, 5.74) is 0.516. The normalized spacial score (nSPS) is 25.2. The van der Waals surface area contributed by atoms with Gasteiger partial charge >= 0.3 is 0 Å². The van der Waals surface area contributed by atoms with Gasteiger partial charge in [0.25, 0.3) is 0 Å².